The second-order valence-corrected chi connectivity index (χ2v) is 8.80. The summed E-state index contributed by atoms with van der Waals surface area (Å²) in [7, 11) is 0. The number of rotatable bonds is 5. The van der Waals surface area contributed by atoms with E-state index < -0.39 is 17.5 Å². The van der Waals surface area contributed by atoms with Crippen LogP contribution in [0.3, 0.4) is 0 Å². The highest BCUT2D eigenvalue weighted by atomic mass is 19.2. The van der Waals surface area contributed by atoms with E-state index in [1.807, 2.05) is 16.5 Å². The molecule has 1 amide bonds. The van der Waals surface area contributed by atoms with E-state index in [0.29, 0.717) is 35.2 Å². The number of halogens is 2. The second kappa shape index (κ2) is 8.26. The highest BCUT2D eigenvalue weighted by Gasteiger charge is 2.36. The van der Waals surface area contributed by atoms with Crippen LogP contribution in [0.4, 0.5) is 14.6 Å². The third kappa shape index (κ3) is 3.62. The molecule has 2 saturated heterocycles. The van der Waals surface area contributed by atoms with Crippen LogP contribution in [0.25, 0.3) is 16.6 Å². The van der Waals surface area contributed by atoms with E-state index >= 15 is 0 Å². The Bertz CT molecular complexity index is 1380. The van der Waals surface area contributed by atoms with Crippen molar-refractivity contribution in [1.29, 1.82) is 0 Å². The molecule has 0 saturated carbocycles. The standard InChI is InChI=1S/C23H22F2N8O/c24-16-5-18-21(6-17(16)25)33-15(12-32-10-13-7-27-8-14(13)11-32)1-2-20(33)22(29-18)30-31-23(34)19-9-26-3-4-28-19/h1-6,9,13-14,27H,7-8,10-12H2,(H,29,30)(H,31,34). The third-order valence-corrected chi connectivity index (χ3v) is 6.64. The monoisotopic (exact) mass is 464 g/mol. The molecule has 174 valence electrons. The highest BCUT2D eigenvalue weighted by Crippen LogP contribution is 2.30. The van der Waals surface area contributed by atoms with Gasteiger partial charge in [0.15, 0.2) is 17.5 Å². The molecule has 11 heteroatoms. The number of benzene rings is 1. The Morgan fingerprint density at radius 3 is 2.65 bits per heavy atom. The quantitative estimate of drug-likeness (QED) is 0.389. The summed E-state index contributed by atoms with van der Waals surface area (Å²) >= 11 is 0. The summed E-state index contributed by atoms with van der Waals surface area (Å²) in [6.07, 6.45) is 4.23. The molecule has 1 aromatic carbocycles. The van der Waals surface area contributed by atoms with Gasteiger partial charge in [-0.1, -0.05) is 0 Å². The van der Waals surface area contributed by atoms with Gasteiger partial charge in [0.05, 0.1) is 22.7 Å². The lowest BCUT2D eigenvalue weighted by Gasteiger charge is -2.18. The number of nitrogens with one attached hydrogen (secondary N) is 3. The molecule has 4 aromatic rings. The Labute approximate surface area is 193 Å². The summed E-state index contributed by atoms with van der Waals surface area (Å²) < 4.78 is 30.1. The van der Waals surface area contributed by atoms with E-state index in [0.717, 1.165) is 37.9 Å². The van der Waals surface area contributed by atoms with Gasteiger partial charge in [-0.25, -0.2) is 18.7 Å². The number of aromatic nitrogens is 4. The molecule has 9 nitrogen and oxygen atoms in total. The number of anilines is 1. The van der Waals surface area contributed by atoms with E-state index in [9.17, 15) is 13.6 Å². The fraction of sp³-hybridized carbons (Fsp3) is 0.304. The lowest BCUT2D eigenvalue weighted by atomic mass is 10.0. The number of hydrogen-bond acceptors (Lipinski definition) is 7. The summed E-state index contributed by atoms with van der Waals surface area (Å²) in [5, 5.41) is 3.44. The first kappa shape index (κ1) is 20.9. The van der Waals surface area contributed by atoms with Gasteiger partial charge in [0.1, 0.15) is 5.69 Å². The summed E-state index contributed by atoms with van der Waals surface area (Å²) in [6.45, 7) is 4.73. The van der Waals surface area contributed by atoms with Gasteiger partial charge in [-0.15, -0.1) is 0 Å². The van der Waals surface area contributed by atoms with Crippen LogP contribution in [-0.2, 0) is 6.54 Å². The maximum Gasteiger partial charge on any atom is 0.289 e. The molecule has 3 N–H and O–H groups in total. The van der Waals surface area contributed by atoms with E-state index in [4.69, 9.17) is 0 Å². The number of carbonyl (C=O) groups excluding carboxylic acids is 1. The van der Waals surface area contributed by atoms with Gasteiger partial charge in [-0.3, -0.25) is 25.5 Å². The van der Waals surface area contributed by atoms with E-state index in [1.165, 1.54) is 24.7 Å². The predicted molar refractivity (Wildman–Crippen MR) is 121 cm³/mol. The van der Waals surface area contributed by atoms with Crippen LogP contribution in [0.2, 0.25) is 0 Å². The van der Waals surface area contributed by atoms with Gasteiger partial charge in [0, 0.05) is 49.9 Å². The molecular weight excluding hydrogens is 442 g/mol. The Hall–Kier alpha value is -3.70. The van der Waals surface area contributed by atoms with Crippen molar-refractivity contribution in [2.75, 3.05) is 31.6 Å². The zero-order chi connectivity index (χ0) is 23.2. The topological polar surface area (TPSA) is 99.5 Å². The average molecular weight is 464 g/mol. The molecular formula is C23H22F2N8O. The van der Waals surface area contributed by atoms with Gasteiger partial charge in [-0.2, -0.15) is 0 Å². The lowest BCUT2D eigenvalue weighted by Crippen LogP contribution is -2.31. The zero-order valence-electron chi connectivity index (χ0n) is 18.1. The molecule has 5 heterocycles. The van der Waals surface area contributed by atoms with Gasteiger partial charge in [0.2, 0.25) is 0 Å². The SMILES string of the molecule is O=C(NNc1nc2cc(F)c(F)cc2n2c(CN3CC4CNCC4C3)ccc12)c1cnccn1. The molecule has 0 bridgehead atoms. The van der Waals surface area contributed by atoms with Crippen LogP contribution in [0.15, 0.2) is 42.9 Å². The molecule has 0 spiro atoms. The Morgan fingerprint density at radius 1 is 1.09 bits per heavy atom. The predicted octanol–water partition coefficient (Wildman–Crippen LogP) is 1.96. The molecule has 2 aliphatic heterocycles. The lowest BCUT2D eigenvalue weighted by molar-refractivity contribution is 0.0957. The molecule has 2 fully saturated rings. The van der Waals surface area contributed by atoms with E-state index in [1.54, 1.807) is 0 Å². The second-order valence-electron chi connectivity index (χ2n) is 8.80. The molecule has 2 aliphatic rings. The van der Waals surface area contributed by atoms with Crippen LogP contribution >= 0.6 is 0 Å². The van der Waals surface area contributed by atoms with Gasteiger partial charge >= 0.3 is 0 Å². The minimum Gasteiger partial charge on any atom is -0.316 e. The number of likely N-dealkylation sites (tertiary alicyclic amines) is 1. The summed E-state index contributed by atoms with van der Waals surface area (Å²) in [6, 6.07) is 6.05. The van der Waals surface area contributed by atoms with E-state index in [2.05, 4.69) is 36.0 Å². The largest absolute Gasteiger partial charge is 0.316 e. The minimum atomic E-state index is -0.984. The maximum atomic E-state index is 14.2. The average Bonchev–Trinajstić information content (AvgIpc) is 3.55. The number of nitrogens with zero attached hydrogens (tertiary/aromatic N) is 5. The van der Waals surface area contributed by atoms with Crippen LogP contribution < -0.4 is 16.2 Å². The third-order valence-electron chi connectivity index (χ3n) is 6.64. The first-order valence-corrected chi connectivity index (χ1v) is 11.1. The summed E-state index contributed by atoms with van der Waals surface area (Å²) in [5.74, 6) is -0.822. The summed E-state index contributed by atoms with van der Waals surface area (Å²) in [4.78, 5) is 27.1. The van der Waals surface area contributed by atoms with Gasteiger partial charge in [-0.05, 0) is 37.1 Å². The number of amides is 1. The van der Waals surface area contributed by atoms with Crippen LogP contribution in [0.5, 0.6) is 0 Å². The number of fused-ring (bicyclic) bond motifs is 4. The van der Waals surface area contributed by atoms with Crippen molar-refractivity contribution >= 4 is 28.3 Å². The normalized spacial score (nSPS) is 20.2. The number of hydrogen-bond donors (Lipinski definition) is 3. The zero-order valence-corrected chi connectivity index (χ0v) is 18.1. The van der Waals surface area contributed by atoms with Crippen molar-refractivity contribution < 1.29 is 13.6 Å². The Balaban J connectivity index is 1.36. The van der Waals surface area contributed by atoms with Crippen molar-refractivity contribution in [3.63, 3.8) is 0 Å². The fourth-order valence-electron chi connectivity index (χ4n) is 5.04. The van der Waals surface area contributed by atoms with Crippen LogP contribution in [0, 0.1) is 23.5 Å². The molecule has 3 aromatic heterocycles. The van der Waals surface area contributed by atoms with Crippen LogP contribution in [-0.4, -0.2) is 56.3 Å². The summed E-state index contributed by atoms with van der Waals surface area (Å²) in [5.41, 5.74) is 7.79. The minimum absolute atomic E-state index is 0.130. The first-order chi connectivity index (χ1) is 16.6. The van der Waals surface area contributed by atoms with Crippen molar-refractivity contribution in [2.45, 2.75) is 6.54 Å². The van der Waals surface area contributed by atoms with E-state index in [-0.39, 0.29) is 11.2 Å². The highest BCUT2D eigenvalue weighted by molar-refractivity contribution is 5.93. The van der Waals surface area contributed by atoms with Crippen molar-refractivity contribution in [3.8, 4) is 0 Å². The van der Waals surface area contributed by atoms with Gasteiger partial charge < -0.3 is 9.72 Å². The molecule has 0 radical (unpaired) electrons. The Morgan fingerprint density at radius 2 is 1.88 bits per heavy atom. The fourth-order valence-corrected chi connectivity index (χ4v) is 5.04. The van der Waals surface area contributed by atoms with Crippen LogP contribution in [0.1, 0.15) is 16.2 Å². The number of carbonyl (C=O) groups is 1. The van der Waals surface area contributed by atoms with Crippen molar-refractivity contribution in [1.82, 2.24) is 35.0 Å². The van der Waals surface area contributed by atoms with Crippen molar-refractivity contribution in [2.24, 2.45) is 11.8 Å². The van der Waals surface area contributed by atoms with Crippen molar-refractivity contribution in [3.05, 3.63) is 65.9 Å². The molecule has 2 unspecified atom stereocenters. The maximum absolute atomic E-state index is 14.2. The van der Waals surface area contributed by atoms with Gasteiger partial charge in [0.25, 0.3) is 5.91 Å². The number of hydrazine groups is 1. The molecule has 6 rings (SSSR count). The Kier molecular flexibility index (Phi) is 5.07. The smallest absolute Gasteiger partial charge is 0.289 e. The first-order valence-electron chi connectivity index (χ1n) is 11.1. The molecule has 34 heavy (non-hydrogen) atoms. The molecule has 0 aliphatic carbocycles. The molecule has 2 atom stereocenters.